The molecule has 0 spiro atoms. The zero-order chi connectivity index (χ0) is 18.8. The SMILES string of the molecule is CCc1ccc(O[C@H](CC)C(=O)NCCSCc2cccc(C)c2)cc1. The molecular formula is C22H29NO2S. The first kappa shape index (κ1) is 20.4. The van der Waals surface area contributed by atoms with Crippen molar-refractivity contribution in [1.82, 2.24) is 5.32 Å². The number of carbonyl (C=O) groups excluding carboxylic acids is 1. The molecule has 0 heterocycles. The third-order valence-corrected chi connectivity index (χ3v) is 5.20. The normalized spacial score (nSPS) is 11.8. The molecule has 0 radical (unpaired) electrons. The van der Waals surface area contributed by atoms with Crippen LogP contribution in [0.4, 0.5) is 0 Å². The lowest BCUT2D eigenvalue weighted by molar-refractivity contribution is -0.127. The number of carbonyl (C=O) groups is 1. The van der Waals surface area contributed by atoms with Crippen molar-refractivity contribution in [2.45, 2.75) is 45.5 Å². The minimum atomic E-state index is -0.441. The maximum Gasteiger partial charge on any atom is 0.261 e. The maximum atomic E-state index is 12.3. The van der Waals surface area contributed by atoms with E-state index < -0.39 is 6.10 Å². The van der Waals surface area contributed by atoms with E-state index in [4.69, 9.17) is 4.74 Å². The number of nitrogens with one attached hydrogen (secondary N) is 1. The molecule has 4 heteroatoms. The number of hydrogen-bond acceptors (Lipinski definition) is 3. The summed E-state index contributed by atoms with van der Waals surface area (Å²) in [6.45, 7) is 6.85. The van der Waals surface area contributed by atoms with Gasteiger partial charge in [-0.1, -0.05) is 55.8 Å². The number of hydrogen-bond donors (Lipinski definition) is 1. The molecule has 0 saturated heterocycles. The summed E-state index contributed by atoms with van der Waals surface area (Å²) in [6, 6.07) is 16.5. The van der Waals surface area contributed by atoms with Crippen molar-refractivity contribution >= 4 is 17.7 Å². The van der Waals surface area contributed by atoms with Crippen molar-refractivity contribution in [1.29, 1.82) is 0 Å². The van der Waals surface area contributed by atoms with Gasteiger partial charge < -0.3 is 10.1 Å². The molecule has 1 N–H and O–H groups in total. The molecule has 0 bridgehead atoms. The molecule has 0 aliphatic carbocycles. The Kier molecular flexibility index (Phi) is 8.56. The van der Waals surface area contributed by atoms with Crippen molar-refractivity contribution in [3.8, 4) is 5.75 Å². The van der Waals surface area contributed by atoms with Crippen molar-refractivity contribution in [3.63, 3.8) is 0 Å². The van der Waals surface area contributed by atoms with Crippen LogP contribution in [-0.4, -0.2) is 24.3 Å². The highest BCUT2D eigenvalue weighted by atomic mass is 32.2. The maximum absolute atomic E-state index is 12.3. The Labute approximate surface area is 161 Å². The number of ether oxygens (including phenoxy) is 1. The molecule has 2 aromatic carbocycles. The van der Waals surface area contributed by atoms with Crippen molar-refractivity contribution in [2.75, 3.05) is 12.3 Å². The summed E-state index contributed by atoms with van der Waals surface area (Å²) in [5, 5.41) is 2.99. The van der Waals surface area contributed by atoms with E-state index in [2.05, 4.69) is 43.4 Å². The average Bonchev–Trinajstić information content (AvgIpc) is 2.66. The van der Waals surface area contributed by atoms with E-state index in [0.29, 0.717) is 13.0 Å². The van der Waals surface area contributed by atoms with Crippen LogP contribution in [0.1, 0.15) is 37.0 Å². The fraction of sp³-hybridized carbons (Fsp3) is 0.409. The molecule has 0 fully saturated rings. The van der Waals surface area contributed by atoms with Gasteiger partial charge >= 0.3 is 0 Å². The van der Waals surface area contributed by atoms with E-state index in [9.17, 15) is 4.79 Å². The van der Waals surface area contributed by atoms with Crippen LogP contribution in [0.25, 0.3) is 0 Å². The molecule has 2 rings (SSSR count). The van der Waals surface area contributed by atoms with E-state index >= 15 is 0 Å². The Hall–Kier alpha value is -1.94. The van der Waals surface area contributed by atoms with Crippen LogP contribution in [0, 0.1) is 6.92 Å². The van der Waals surface area contributed by atoms with E-state index in [0.717, 1.165) is 23.7 Å². The topological polar surface area (TPSA) is 38.3 Å². The molecule has 0 aromatic heterocycles. The van der Waals surface area contributed by atoms with E-state index in [1.54, 1.807) is 0 Å². The Bertz CT molecular complexity index is 685. The first-order valence-electron chi connectivity index (χ1n) is 9.29. The number of thioether (sulfide) groups is 1. The standard InChI is InChI=1S/C22H29NO2S/c1-4-18-9-11-20(12-10-18)25-21(5-2)22(24)23-13-14-26-16-19-8-6-7-17(3)15-19/h6-12,15,21H,4-5,13-14,16H2,1-3H3,(H,23,24)/t21-/m1/s1. The van der Waals surface area contributed by atoms with Crippen molar-refractivity contribution in [2.24, 2.45) is 0 Å². The van der Waals surface area contributed by atoms with Crippen LogP contribution in [0.3, 0.4) is 0 Å². The first-order chi connectivity index (χ1) is 12.6. The monoisotopic (exact) mass is 371 g/mol. The summed E-state index contributed by atoms with van der Waals surface area (Å²) in [5.41, 5.74) is 3.87. The average molecular weight is 372 g/mol. The molecule has 3 nitrogen and oxygen atoms in total. The van der Waals surface area contributed by atoms with Gasteiger partial charge in [-0.25, -0.2) is 0 Å². The van der Waals surface area contributed by atoms with Crippen LogP contribution in [0.5, 0.6) is 5.75 Å². The molecule has 26 heavy (non-hydrogen) atoms. The summed E-state index contributed by atoms with van der Waals surface area (Å²) in [7, 11) is 0. The lowest BCUT2D eigenvalue weighted by Crippen LogP contribution is -2.39. The van der Waals surface area contributed by atoms with Gasteiger partial charge in [-0.3, -0.25) is 4.79 Å². The fourth-order valence-electron chi connectivity index (χ4n) is 2.64. The van der Waals surface area contributed by atoms with Crippen LogP contribution >= 0.6 is 11.8 Å². The highest BCUT2D eigenvalue weighted by molar-refractivity contribution is 7.98. The van der Waals surface area contributed by atoms with Crippen LogP contribution < -0.4 is 10.1 Å². The van der Waals surface area contributed by atoms with Gasteiger partial charge in [0.05, 0.1) is 0 Å². The number of aryl methyl sites for hydroxylation is 2. The van der Waals surface area contributed by atoms with Gasteiger partial charge in [0.15, 0.2) is 6.10 Å². The Morgan fingerprint density at radius 2 is 1.88 bits per heavy atom. The van der Waals surface area contributed by atoms with Gasteiger partial charge in [0.1, 0.15) is 5.75 Å². The highest BCUT2D eigenvalue weighted by Gasteiger charge is 2.17. The molecule has 140 valence electrons. The number of amides is 1. The minimum Gasteiger partial charge on any atom is -0.481 e. The van der Waals surface area contributed by atoms with Crippen LogP contribution in [-0.2, 0) is 17.0 Å². The zero-order valence-electron chi connectivity index (χ0n) is 16.0. The molecular weight excluding hydrogens is 342 g/mol. The number of rotatable bonds is 10. The molecule has 1 atom stereocenters. The van der Waals surface area contributed by atoms with Crippen LogP contribution in [0.15, 0.2) is 48.5 Å². The second kappa shape index (κ2) is 10.9. The summed E-state index contributed by atoms with van der Waals surface area (Å²) in [6.07, 6.45) is 1.21. The predicted molar refractivity (Wildman–Crippen MR) is 111 cm³/mol. The molecule has 0 aliphatic heterocycles. The fourth-order valence-corrected chi connectivity index (χ4v) is 3.45. The minimum absolute atomic E-state index is 0.0387. The summed E-state index contributed by atoms with van der Waals surface area (Å²) >= 11 is 1.83. The van der Waals surface area contributed by atoms with Gasteiger partial charge in [0, 0.05) is 18.1 Å². The van der Waals surface area contributed by atoms with Gasteiger partial charge in [0.2, 0.25) is 0 Å². The van der Waals surface area contributed by atoms with Crippen molar-refractivity contribution < 1.29 is 9.53 Å². The number of benzene rings is 2. The third-order valence-electron chi connectivity index (χ3n) is 4.17. The van der Waals surface area contributed by atoms with Gasteiger partial charge in [-0.15, -0.1) is 0 Å². The van der Waals surface area contributed by atoms with E-state index in [1.165, 1.54) is 16.7 Å². The molecule has 0 saturated carbocycles. The Morgan fingerprint density at radius 3 is 2.54 bits per heavy atom. The molecule has 2 aromatic rings. The lowest BCUT2D eigenvalue weighted by Gasteiger charge is -2.17. The highest BCUT2D eigenvalue weighted by Crippen LogP contribution is 2.16. The largest absolute Gasteiger partial charge is 0.481 e. The van der Waals surface area contributed by atoms with E-state index in [1.807, 2.05) is 43.0 Å². The lowest BCUT2D eigenvalue weighted by atomic mass is 10.2. The Balaban J connectivity index is 1.70. The summed E-state index contributed by atoms with van der Waals surface area (Å²) < 4.78 is 5.85. The quantitative estimate of drug-likeness (QED) is 0.612. The Morgan fingerprint density at radius 1 is 1.12 bits per heavy atom. The van der Waals surface area contributed by atoms with Crippen molar-refractivity contribution in [3.05, 3.63) is 65.2 Å². The molecule has 1 amide bonds. The molecule has 0 unspecified atom stereocenters. The smallest absolute Gasteiger partial charge is 0.261 e. The predicted octanol–water partition coefficient (Wildman–Crippen LogP) is 4.76. The van der Waals surface area contributed by atoms with Gasteiger partial charge in [-0.05, 0) is 43.0 Å². The zero-order valence-corrected chi connectivity index (χ0v) is 16.8. The first-order valence-corrected chi connectivity index (χ1v) is 10.4. The second-order valence-electron chi connectivity index (χ2n) is 6.34. The van der Waals surface area contributed by atoms with E-state index in [-0.39, 0.29) is 5.91 Å². The van der Waals surface area contributed by atoms with Crippen LogP contribution in [0.2, 0.25) is 0 Å². The third kappa shape index (κ3) is 6.75. The second-order valence-corrected chi connectivity index (χ2v) is 7.45. The van der Waals surface area contributed by atoms with Gasteiger partial charge in [0.25, 0.3) is 5.91 Å². The molecule has 0 aliphatic rings. The summed E-state index contributed by atoms with van der Waals surface area (Å²) in [5.74, 6) is 2.57. The summed E-state index contributed by atoms with van der Waals surface area (Å²) in [4.78, 5) is 12.3. The van der Waals surface area contributed by atoms with Gasteiger partial charge in [-0.2, -0.15) is 11.8 Å².